The van der Waals surface area contributed by atoms with Crippen molar-refractivity contribution in [3.05, 3.63) is 29.8 Å². The second-order valence-electron chi connectivity index (χ2n) is 3.46. The van der Waals surface area contributed by atoms with Gasteiger partial charge in [-0.05, 0) is 18.2 Å². The van der Waals surface area contributed by atoms with Crippen LogP contribution in [0.4, 0.5) is 23.7 Å². The molecule has 0 spiro atoms. The molecule has 0 atom stereocenters. The number of carbonyl (C=O) groups is 1. The van der Waals surface area contributed by atoms with E-state index in [1.165, 1.54) is 12.1 Å². The molecule has 102 valence electrons. The summed E-state index contributed by atoms with van der Waals surface area (Å²) in [6.45, 7) is -1.70. The van der Waals surface area contributed by atoms with E-state index in [4.69, 9.17) is 5.11 Å². The molecule has 0 aromatic heterocycles. The van der Waals surface area contributed by atoms with E-state index < -0.39 is 18.8 Å². The Kier molecular flexibility index (Phi) is 5.21. The van der Waals surface area contributed by atoms with Crippen LogP contribution in [0.3, 0.4) is 0 Å². The minimum atomic E-state index is -4.45. The molecule has 1 rings (SSSR count). The molecule has 0 fully saturated rings. The largest absolute Gasteiger partial charge is 0.405 e. The van der Waals surface area contributed by atoms with Gasteiger partial charge in [0.25, 0.3) is 0 Å². The number of aliphatic hydroxyl groups excluding tert-OH is 1. The fourth-order valence-electron chi connectivity index (χ4n) is 1.17. The lowest BCUT2D eigenvalue weighted by molar-refractivity contribution is -0.122. The molecule has 0 bridgehead atoms. The summed E-state index contributed by atoms with van der Waals surface area (Å²) >= 11 is 0. The first-order chi connectivity index (χ1) is 8.90. The van der Waals surface area contributed by atoms with Gasteiger partial charge in [-0.1, -0.05) is 17.9 Å². The number of rotatable bonds is 2. The van der Waals surface area contributed by atoms with E-state index in [1.807, 2.05) is 0 Å². The average Bonchev–Trinajstić information content (AvgIpc) is 2.33. The lowest BCUT2D eigenvalue weighted by Crippen LogP contribution is -2.36. The Hall–Kier alpha value is -2.20. The van der Waals surface area contributed by atoms with Crippen molar-refractivity contribution in [1.29, 1.82) is 0 Å². The number of alkyl halides is 3. The smallest absolute Gasteiger partial charge is 0.384 e. The summed E-state index contributed by atoms with van der Waals surface area (Å²) in [7, 11) is 0. The Morgan fingerprint density at radius 3 is 2.74 bits per heavy atom. The molecule has 3 N–H and O–H groups in total. The maximum atomic E-state index is 11.9. The van der Waals surface area contributed by atoms with Crippen molar-refractivity contribution in [3.63, 3.8) is 0 Å². The van der Waals surface area contributed by atoms with Gasteiger partial charge >= 0.3 is 12.2 Å². The Morgan fingerprint density at radius 1 is 1.37 bits per heavy atom. The predicted molar refractivity (Wildman–Crippen MR) is 63.5 cm³/mol. The van der Waals surface area contributed by atoms with E-state index in [0.29, 0.717) is 11.3 Å². The first kappa shape index (κ1) is 14.9. The van der Waals surface area contributed by atoms with Crippen molar-refractivity contribution in [2.24, 2.45) is 0 Å². The number of carbonyl (C=O) groups excluding carboxylic acids is 1. The molecule has 0 aliphatic heterocycles. The summed E-state index contributed by atoms with van der Waals surface area (Å²) in [4.78, 5) is 11.2. The number of amides is 2. The summed E-state index contributed by atoms with van der Waals surface area (Å²) < 4.78 is 35.6. The maximum Gasteiger partial charge on any atom is 0.405 e. The van der Waals surface area contributed by atoms with Gasteiger partial charge in [-0.2, -0.15) is 13.2 Å². The standard InChI is InChI=1S/C12H11F3N2O2/c13-12(14,15)8-16-11(19)17-10-5-1-3-9(7-10)4-2-6-18/h1,3,5,7,18H,6,8H2,(H2,16,17,19). The first-order valence-electron chi connectivity index (χ1n) is 5.22. The molecular formula is C12H11F3N2O2. The quantitative estimate of drug-likeness (QED) is 0.718. The predicted octanol–water partition coefficient (Wildman–Crippen LogP) is 1.71. The van der Waals surface area contributed by atoms with Gasteiger partial charge in [0.05, 0.1) is 0 Å². The van der Waals surface area contributed by atoms with Crippen LogP contribution in [0.2, 0.25) is 0 Å². The summed E-state index contributed by atoms with van der Waals surface area (Å²) in [5, 5.41) is 12.5. The van der Waals surface area contributed by atoms with Crippen molar-refractivity contribution in [2.75, 3.05) is 18.5 Å². The molecule has 1 aromatic carbocycles. The Bertz CT molecular complexity index is 504. The van der Waals surface area contributed by atoms with Crippen molar-refractivity contribution < 1.29 is 23.1 Å². The molecule has 1 aromatic rings. The Balaban J connectivity index is 2.59. The van der Waals surface area contributed by atoms with Crippen LogP contribution in [0.5, 0.6) is 0 Å². The Labute approximate surface area is 107 Å². The minimum absolute atomic E-state index is 0.302. The molecule has 0 heterocycles. The number of nitrogens with one attached hydrogen (secondary N) is 2. The molecule has 0 radical (unpaired) electrons. The van der Waals surface area contributed by atoms with Crippen LogP contribution in [0.25, 0.3) is 0 Å². The minimum Gasteiger partial charge on any atom is -0.384 e. The van der Waals surface area contributed by atoms with Gasteiger partial charge in [0.2, 0.25) is 0 Å². The zero-order valence-corrected chi connectivity index (χ0v) is 9.71. The van der Waals surface area contributed by atoms with Gasteiger partial charge < -0.3 is 15.7 Å². The highest BCUT2D eigenvalue weighted by molar-refractivity contribution is 5.89. The lowest BCUT2D eigenvalue weighted by Gasteiger charge is -2.09. The zero-order valence-electron chi connectivity index (χ0n) is 9.71. The van der Waals surface area contributed by atoms with Crippen LogP contribution in [-0.4, -0.2) is 30.5 Å². The fourth-order valence-corrected chi connectivity index (χ4v) is 1.17. The highest BCUT2D eigenvalue weighted by Crippen LogP contribution is 2.13. The third-order valence-corrected chi connectivity index (χ3v) is 1.88. The van der Waals surface area contributed by atoms with Crippen LogP contribution in [0.15, 0.2) is 24.3 Å². The molecular weight excluding hydrogens is 261 g/mol. The van der Waals surface area contributed by atoms with Gasteiger partial charge in [-0.15, -0.1) is 0 Å². The maximum absolute atomic E-state index is 11.9. The normalized spacial score (nSPS) is 10.3. The van der Waals surface area contributed by atoms with Crippen molar-refractivity contribution >= 4 is 11.7 Å². The summed E-state index contributed by atoms with van der Waals surface area (Å²) in [5.74, 6) is 5.03. The molecule has 0 unspecified atom stereocenters. The van der Waals surface area contributed by atoms with Gasteiger partial charge in [0, 0.05) is 11.3 Å². The number of urea groups is 1. The van der Waals surface area contributed by atoms with E-state index in [9.17, 15) is 18.0 Å². The summed E-state index contributed by atoms with van der Waals surface area (Å²) in [5.41, 5.74) is 0.840. The van der Waals surface area contributed by atoms with Crippen molar-refractivity contribution in [2.45, 2.75) is 6.18 Å². The van der Waals surface area contributed by atoms with Gasteiger partial charge in [-0.3, -0.25) is 0 Å². The third kappa shape index (κ3) is 6.33. The van der Waals surface area contributed by atoms with Crippen LogP contribution in [-0.2, 0) is 0 Å². The monoisotopic (exact) mass is 272 g/mol. The highest BCUT2D eigenvalue weighted by atomic mass is 19.4. The van der Waals surface area contributed by atoms with Crippen LogP contribution in [0.1, 0.15) is 5.56 Å². The number of hydrogen-bond acceptors (Lipinski definition) is 2. The van der Waals surface area contributed by atoms with Gasteiger partial charge in [0.1, 0.15) is 13.2 Å². The van der Waals surface area contributed by atoms with Crippen LogP contribution in [0, 0.1) is 11.8 Å². The zero-order chi connectivity index (χ0) is 14.3. The van der Waals surface area contributed by atoms with Gasteiger partial charge in [0.15, 0.2) is 0 Å². The SMILES string of the molecule is O=C(NCC(F)(F)F)Nc1cccc(C#CCO)c1. The summed E-state index contributed by atoms with van der Waals surface area (Å²) in [6, 6.07) is 5.26. The topological polar surface area (TPSA) is 61.4 Å². The molecule has 0 aliphatic carbocycles. The average molecular weight is 272 g/mol. The van der Waals surface area contributed by atoms with Crippen LogP contribution < -0.4 is 10.6 Å². The number of benzene rings is 1. The molecule has 0 aliphatic rings. The molecule has 7 heteroatoms. The van der Waals surface area contributed by atoms with Crippen molar-refractivity contribution in [1.82, 2.24) is 5.32 Å². The molecule has 0 saturated carbocycles. The van der Waals surface area contributed by atoms with Crippen LogP contribution >= 0.6 is 0 Å². The van der Waals surface area contributed by atoms with E-state index >= 15 is 0 Å². The number of anilines is 1. The highest BCUT2D eigenvalue weighted by Gasteiger charge is 2.27. The number of aliphatic hydroxyl groups is 1. The van der Waals surface area contributed by atoms with Crippen molar-refractivity contribution in [3.8, 4) is 11.8 Å². The lowest BCUT2D eigenvalue weighted by atomic mass is 10.2. The third-order valence-electron chi connectivity index (χ3n) is 1.88. The molecule has 2 amide bonds. The second kappa shape index (κ2) is 6.66. The van der Waals surface area contributed by atoms with E-state index in [-0.39, 0.29) is 6.61 Å². The molecule has 19 heavy (non-hydrogen) atoms. The first-order valence-corrected chi connectivity index (χ1v) is 5.22. The number of halogens is 3. The Morgan fingerprint density at radius 2 is 2.11 bits per heavy atom. The molecule has 4 nitrogen and oxygen atoms in total. The second-order valence-corrected chi connectivity index (χ2v) is 3.46. The number of hydrogen-bond donors (Lipinski definition) is 3. The van der Waals surface area contributed by atoms with E-state index in [2.05, 4.69) is 17.2 Å². The van der Waals surface area contributed by atoms with E-state index in [0.717, 1.165) is 0 Å². The fraction of sp³-hybridized carbons (Fsp3) is 0.250. The summed E-state index contributed by atoms with van der Waals surface area (Å²) in [6.07, 6.45) is -4.45. The van der Waals surface area contributed by atoms with Gasteiger partial charge in [-0.25, -0.2) is 4.79 Å². The van der Waals surface area contributed by atoms with E-state index in [1.54, 1.807) is 17.4 Å². The molecule has 0 saturated heterocycles.